The predicted octanol–water partition coefficient (Wildman–Crippen LogP) is 3.63. The Morgan fingerprint density at radius 3 is 2.57 bits per heavy atom. The average molecular weight is 316 g/mol. The molecular formula is C16H14ClN3S. The quantitative estimate of drug-likeness (QED) is 0.873. The first-order valence-electron chi connectivity index (χ1n) is 6.64. The van der Waals surface area contributed by atoms with Gasteiger partial charge in [0, 0.05) is 22.5 Å². The molecule has 0 aromatic heterocycles. The summed E-state index contributed by atoms with van der Waals surface area (Å²) >= 11 is 11.3. The highest BCUT2D eigenvalue weighted by Crippen LogP contribution is 2.23. The number of hydrogen-bond acceptors (Lipinski definition) is 4. The topological polar surface area (TPSA) is 27.6 Å². The molecule has 106 valence electrons. The number of para-hydroxylation sites is 1. The fourth-order valence-corrected chi connectivity index (χ4v) is 2.72. The van der Waals surface area contributed by atoms with Crippen molar-refractivity contribution >= 4 is 40.7 Å². The highest BCUT2D eigenvalue weighted by atomic mass is 35.5. The largest absolute Gasteiger partial charge is 0.301 e. The van der Waals surface area contributed by atoms with Crippen LogP contribution in [0.3, 0.4) is 0 Å². The molecule has 0 saturated heterocycles. The molecule has 2 aromatic carbocycles. The fraction of sp³-hybridized carbons (Fsp3) is 0.125. The number of hydrazone groups is 1. The Morgan fingerprint density at radius 2 is 1.86 bits per heavy atom. The summed E-state index contributed by atoms with van der Waals surface area (Å²) in [7, 11) is 0. The maximum Gasteiger partial charge on any atom is 0.150 e. The fourth-order valence-electron chi connectivity index (χ4n) is 2.34. The second-order valence-corrected chi connectivity index (χ2v) is 5.39. The molecule has 0 amide bonds. The summed E-state index contributed by atoms with van der Waals surface area (Å²) in [6.45, 7) is 0. The lowest BCUT2D eigenvalue weighted by Crippen LogP contribution is -2.41. The monoisotopic (exact) mass is 315 g/mol. The van der Waals surface area contributed by atoms with Gasteiger partial charge in [-0.1, -0.05) is 60.2 Å². The molecule has 3 nitrogen and oxygen atoms in total. The number of hydrogen-bond donors (Lipinski definition) is 1. The summed E-state index contributed by atoms with van der Waals surface area (Å²) in [4.78, 5) is 2.09. The van der Waals surface area contributed by atoms with Crippen LogP contribution in [0.1, 0.15) is 5.56 Å². The number of rotatable bonds is 4. The molecule has 5 heteroatoms. The molecule has 1 N–H and O–H groups in total. The van der Waals surface area contributed by atoms with E-state index in [0.29, 0.717) is 6.42 Å². The predicted molar refractivity (Wildman–Crippen MR) is 92.1 cm³/mol. The van der Waals surface area contributed by atoms with Crippen LogP contribution in [0.15, 0.2) is 59.7 Å². The van der Waals surface area contributed by atoms with Crippen molar-refractivity contribution in [3.63, 3.8) is 0 Å². The van der Waals surface area contributed by atoms with Crippen LogP contribution < -0.4 is 10.3 Å². The number of benzene rings is 2. The molecule has 1 heterocycles. The minimum atomic E-state index is -0.111. The van der Waals surface area contributed by atoms with Crippen molar-refractivity contribution in [1.82, 2.24) is 5.43 Å². The Morgan fingerprint density at radius 1 is 1.14 bits per heavy atom. The highest BCUT2D eigenvalue weighted by Gasteiger charge is 2.27. The standard InChI is InChI=1S/C16H14ClN3S/c17-14-9-5-4-6-12(14)10-15-18-19-16(11-21)20(15)13-7-2-1-3-8-13/h1-9,11,16,19H,10H2. The van der Waals surface area contributed by atoms with Crippen LogP contribution >= 0.6 is 23.8 Å². The summed E-state index contributed by atoms with van der Waals surface area (Å²) in [5.41, 5.74) is 5.16. The van der Waals surface area contributed by atoms with Gasteiger partial charge in [0.25, 0.3) is 0 Å². The van der Waals surface area contributed by atoms with Crippen LogP contribution in [0, 0.1) is 0 Å². The van der Waals surface area contributed by atoms with E-state index in [-0.39, 0.29) is 6.17 Å². The Balaban J connectivity index is 1.90. The first kappa shape index (κ1) is 14.0. The van der Waals surface area contributed by atoms with Crippen molar-refractivity contribution in [2.24, 2.45) is 5.10 Å². The lowest BCUT2D eigenvalue weighted by Gasteiger charge is -2.24. The number of anilines is 1. The zero-order chi connectivity index (χ0) is 14.7. The van der Waals surface area contributed by atoms with Crippen molar-refractivity contribution in [3.8, 4) is 0 Å². The van der Waals surface area contributed by atoms with Gasteiger partial charge in [0.2, 0.25) is 0 Å². The Labute approximate surface area is 134 Å². The minimum Gasteiger partial charge on any atom is -0.301 e. The Bertz CT molecular complexity index is 672. The molecule has 0 spiro atoms. The van der Waals surface area contributed by atoms with Gasteiger partial charge in [-0.2, -0.15) is 5.10 Å². The Hall–Kier alpha value is -1.91. The molecule has 0 aliphatic carbocycles. The van der Waals surface area contributed by atoms with Crippen LogP contribution in [0.2, 0.25) is 5.02 Å². The Kier molecular flexibility index (Phi) is 4.18. The van der Waals surface area contributed by atoms with E-state index < -0.39 is 0 Å². The van der Waals surface area contributed by atoms with E-state index in [1.807, 2.05) is 54.6 Å². The molecule has 0 radical (unpaired) electrons. The molecule has 1 unspecified atom stereocenters. The average Bonchev–Trinajstić information content (AvgIpc) is 2.93. The summed E-state index contributed by atoms with van der Waals surface area (Å²) in [6, 6.07) is 17.9. The maximum absolute atomic E-state index is 6.24. The number of halogens is 1. The number of thiocarbonyl (C=S) groups is 1. The zero-order valence-corrected chi connectivity index (χ0v) is 12.8. The molecule has 0 bridgehead atoms. The van der Waals surface area contributed by atoms with Gasteiger partial charge in [-0.15, -0.1) is 0 Å². The first-order chi connectivity index (χ1) is 10.3. The lowest BCUT2D eigenvalue weighted by atomic mass is 10.1. The molecule has 2 aromatic rings. The van der Waals surface area contributed by atoms with Gasteiger partial charge in [-0.3, -0.25) is 5.43 Å². The van der Waals surface area contributed by atoms with E-state index in [0.717, 1.165) is 22.1 Å². The SMILES string of the molecule is S=CC1NN=C(Cc2ccccc2Cl)N1c1ccccc1. The second-order valence-electron chi connectivity index (χ2n) is 4.71. The van der Waals surface area contributed by atoms with E-state index >= 15 is 0 Å². The summed E-state index contributed by atoms with van der Waals surface area (Å²) in [6.07, 6.45) is 0.543. The third-order valence-corrected chi connectivity index (χ3v) is 3.98. The van der Waals surface area contributed by atoms with E-state index in [9.17, 15) is 0 Å². The van der Waals surface area contributed by atoms with Crippen LogP contribution in [-0.2, 0) is 6.42 Å². The van der Waals surface area contributed by atoms with Crippen molar-refractivity contribution in [3.05, 3.63) is 65.2 Å². The van der Waals surface area contributed by atoms with Crippen molar-refractivity contribution in [2.75, 3.05) is 4.90 Å². The van der Waals surface area contributed by atoms with E-state index in [1.165, 1.54) is 0 Å². The van der Waals surface area contributed by atoms with Gasteiger partial charge < -0.3 is 4.90 Å². The minimum absolute atomic E-state index is 0.111. The molecule has 1 atom stereocenters. The molecular weight excluding hydrogens is 302 g/mol. The summed E-state index contributed by atoms with van der Waals surface area (Å²) < 4.78 is 0. The molecule has 3 rings (SSSR count). The summed E-state index contributed by atoms with van der Waals surface area (Å²) in [5.74, 6) is 0.903. The van der Waals surface area contributed by atoms with Gasteiger partial charge in [-0.25, -0.2) is 0 Å². The van der Waals surface area contributed by atoms with Crippen LogP contribution in [0.5, 0.6) is 0 Å². The molecule has 1 aliphatic heterocycles. The van der Waals surface area contributed by atoms with Crippen molar-refractivity contribution in [1.29, 1.82) is 0 Å². The molecule has 21 heavy (non-hydrogen) atoms. The van der Waals surface area contributed by atoms with Crippen LogP contribution in [0.4, 0.5) is 5.69 Å². The first-order valence-corrected chi connectivity index (χ1v) is 7.49. The van der Waals surface area contributed by atoms with Gasteiger partial charge in [0.05, 0.1) is 0 Å². The number of nitrogens with one attached hydrogen (secondary N) is 1. The van der Waals surface area contributed by atoms with Crippen molar-refractivity contribution < 1.29 is 0 Å². The van der Waals surface area contributed by atoms with E-state index in [4.69, 9.17) is 23.8 Å². The summed E-state index contributed by atoms with van der Waals surface area (Å²) in [5, 5.41) is 6.84. The van der Waals surface area contributed by atoms with Gasteiger partial charge in [0.15, 0.2) is 0 Å². The van der Waals surface area contributed by atoms with Crippen LogP contribution in [0.25, 0.3) is 0 Å². The molecule has 1 aliphatic rings. The number of amidine groups is 1. The zero-order valence-electron chi connectivity index (χ0n) is 11.2. The van der Waals surface area contributed by atoms with E-state index in [1.54, 1.807) is 5.37 Å². The van der Waals surface area contributed by atoms with Crippen molar-refractivity contribution in [2.45, 2.75) is 12.6 Å². The number of nitrogens with zero attached hydrogens (tertiary/aromatic N) is 2. The third kappa shape index (κ3) is 2.91. The van der Waals surface area contributed by atoms with Crippen LogP contribution in [-0.4, -0.2) is 17.4 Å². The highest BCUT2D eigenvalue weighted by molar-refractivity contribution is 7.79. The second kappa shape index (κ2) is 6.24. The maximum atomic E-state index is 6.24. The molecule has 0 saturated carbocycles. The van der Waals surface area contributed by atoms with E-state index in [2.05, 4.69) is 15.4 Å². The smallest absolute Gasteiger partial charge is 0.150 e. The third-order valence-electron chi connectivity index (χ3n) is 3.35. The van der Waals surface area contributed by atoms with Gasteiger partial charge in [0.1, 0.15) is 12.0 Å². The lowest BCUT2D eigenvalue weighted by molar-refractivity contribution is 0.734. The molecule has 0 fully saturated rings. The van der Waals surface area contributed by atoms with Gasteiger partial charge in [-0.05, 0) is 23.8 Å². The van der Waals surface area contributed by atoms with Gasteiger partial charge >= 0.3 is 0 Å². The normalized spacial score (nSPS) is 17.3.